The van der Waals surface area contributed by atoms with Crippen LogP contribution in [0, 0.1) is 0 Å². The zero-order valence-electron chi connectivity index (χ0n) is 22.5. The molecule has 2 saturated heterocycles. The first-order valence-corrected chi connectivity index (χ1v) is 13.5. The SMILES string of the molecule is CCOc1ccc(NC2CCCN(c3nnc(C(N)=O)c(Nc4ccc(C(=O)N5CCOCC5)cc4)n3)C2)cc1. The fourth-order valence-electron chi connectivity index (χ4n) is 4.81. The molecular weight excluding hydrogens is 512 g/mol. The number of nitrogens with zero attached hydrogens (tertiary/aromatic N) is 5. The largest absolute Gasteiger partial charge is 0.494 e. The van der Waals surface area contributed by atoms with Gasteiger partial charge in [0.15, 0.2) is 11.5 Å². The number of carbonyl (C=O) groups excluding carboxylic acids is 2. The lowest BCUT2D eigenvalue weighted by Gasteiger charge is -2.33. The lowest BCUT2D eigenvalue weighted by molar-refractivity contribution is 0.0303. The second kappa shape index (κ2) is 12.6. The van der Waals surface area contributed by atoms with Gasteiger partial charge in [-0.25, -0.2) is 0 Å². The summed E-state index contributed by atoms with van der Waals surface area (Å²) >= 11 is 0. The molecule has 12 nitrogen and oxygen atoms in total. The summed E-state index contributed by atoms with van der Waals surface area (Å²) in [6.45, 7) is 6.25. The van der Waals surface area contributed by atoms with Crippen LogP contribution in [-0.4, -0.2) is 83.9 Å². The average molecular weight is 547 g/mol. The number of hydrogen-bond acceptors (Lipinski definition) is 10. The van der Waals surface area contributed by atoms with Crippen LogP contribution in [0.3, 0.4) is 0 Å². The first kappa shape index (κ1) is 27.1. The molecule has 210 valence electrons. The first-order chi connectivity index (χ1) is 19.5. The molecule has 0 aliphatic carbocycles. The van der Waals surface area contributed by atoms with E-state index in [9.17, 15) is 9.59 Å². The number of benzene rings is 2. The fourth-order valence-corrected chi connectivity index (χ4v) is 4.81. The highest BCUT2D eigenvalue weighted by atomic mass is 16.5. The van der Waals surface area contributed by atoms with E-state index in [4.69, 9.17) is 15.2 Å². The van der Waals surface area contributed by atoms with Crippen LogP contribution in [0.15, 0.2) is 48.5 Å². The number of piperidine rings is 1. The summed E-state index contributed by atoms with van der Waals surface area (Å²) in [6.07, 6.45) is 1.94. The van der Waals surface area contributed by atoms with E-state index >= 15 is 0 Å². The van der Waals surface area contributed by atoms with Gasteiger partial charge in [-0.2, -0.15) is 4.98 Å². The zero-order valence-corrected chi connectivity index (χ0v) is 22.5. The number of nitrogens with two attached hydrogens (primary N) is 1. The van der Waals surface area contributed by atoms with Gasteiger partial charge in [-0.05, 0) is 68.3 Å². The van der Waals surface area contributed by atoms with Crippen molar-refractivity contribution in [2.45, 2.75) is 25.8 Å². The summed E-state index contributed by atoms with van der Waals surface area (Å²) in [5.74, 6) is 0.681. The van der Waals surface area contributed by atoms with Crippen LogP contribution in [0.2, 0.25) is 0 Å². The van der Waals surface area contributed by atoms with Crippen molar-refractivity contribution in [3.63, 3.8) is 0 Å². The lowest BCUT2D eigenvalue weighted by Crippen LogP contribution is -2.43. The van der Waals surface area contributed by atoms with Crippen molar-refractivity contribution >= 4 is 35.0 Å². The zero-order chi connectivity index (χ0) is 27.9. The van der Waals surface area contributed by atoms with Crippen molar-refractivity contribution in [1.29, 1.82) is 0 Å². The number of anilines is 4. The monoisotopic (exact) mass is 546 g/mol. The maximum Gasteiger partial charge on any atom is 0.273 e. The molecule has 12 heteroatoms. The van der Waals surface area contributed by atoms with E-state index in [0.29, 0.717) is 56.7 Å². The molecule has 2 aromatic carbocycles. The van der Waals surface area contributed by atoms with E-state index in [0.717, 1.165) is 30.8 Å². The van der Waals surface area contributed by atoms with E-state index < -0.39 is 5.91 Å². The number of morpholine rings is 1. The number of rotatable bonds is 9. The van der Waals surface area contributed by atoms with Crippen LogP contribution >= 0.6 is 0 Å². The topological polar surface area (TPSA) is 148 Å². The summed E-state index contributed by atoms with van der Waals surface area (Å²) in [7, 11) is 0. The quantitative estimate of drug-likeness (QED) is 0.366. The van der Waals surface area contributed by atoms with Crippen LogP contribution < -0.4 is 26.0 Å². The number of ether oxygens (including phenoxy) is 2. The number of carbonyl (C=O) groups is 2. The third kappa shape index (κ3) is 6.57. The third-order valence-corrected chi connectivity index (χ3v) is 6.84. The van der Waals surface area contributed by atoms with Crippen molar-refractivity contribution in [2.24, 2.45) is 5.73 Å². The predicted octanol–water partition coefficient (Wildman–Crippen LogP) is 2.67. The maximum atomic E-state index is 12.8. The molecule has 0 bridgehead atoms. The van der Waals surface area contributed by atoms with Crippen LogP contribution in [-0.2, 0) is 4.74 Å². The second-order valence-corrected chi connectivity index (χ2v) is 9.67. The highest BCUT2D eigenvalue weighted by Crippen LogP contribution is 2.24. The Morgan fingerprint density at radius 1 is 1.02 bits per heavy atom. The fraction of sp³-hybridized carbons (Fsp3) is 0.393. The molecule has 1 atom stereocenters. The van der Waals surface area contributed by atoms with Crippen molar-refractivity contribution in [3.8, 4) is 5.75 Å². The molecule has 3 aromatic rings. The van der Waals surface area contributed by atoms with Crippen LogP contribution in [0.25, 0.3) is 0 Å². The molecule has 2 aliphatic heterocycles. The van der Waals surface area contributed by atoms with Gasteiger partial charge in [0.25, 0.3) is 11.8 Å². The summed E-state index contributed by atoms with van der Waals surface area (Å²) in [5.41, 5.74) is 7.73. The molecule has 40 heavy (non-hydrogen) atoms. The Bertz CT molecular complexity index is 1310. The predicted molar refractivity (Wildman–Crippen MR) is 151 cm³/mol. The highest BCUT2D eigenvalue weighted by Gasteiger charge is 2.24. The van der Waals surface area contributed by atoms with Crippen molar-refractivity contribution in [2.75, 3.05) is 61.5 Å². The Morgan fingerprint density at radius 3 is 2.45 bits per heavy atom. The second-order valence-electron chi connectivity index (χ2n) is 9.67. The Labute approximate surface area is 232 Å². The number of nitrogens with one attached hydrogen (secondary N) is 2. The highest BCUT2D eigenvalue weighted by molar-refractivity contribution is 5.97. The van der Waals surface area contributed by atoms with Crippen LogP contribution in [0.5, 0.6) is 5.75 Å². The van der Waals surface area contributed by atoms with Gasteiger partial charge in [-0.15, -0.1) is 10.2 Å². The molecule has 2 fully saturated rings. The van der Waals surface area contributed by atoms with Crippen molar-refractivity contribution in [3.05, 3.63) is 59.8 Å². The normalized spacial score (nSPS) is 17.3. The summed E-state index contributed by atoms with van der Waals surface area (Å²) in [5, 5.41) is 15.0. The Kier molecular flexibility index (Phi) is 8.55. The van der Waals surface area contributed by atoms with Crippen molar-refractivity contribution < 1.29 is 19.1 Å². The smallest absolute Gasteiger partial charge is 0.273 e. The van der Waals surface area contributed by atoms with Crippen LogP contribution in [0.4, 0.5) is 23.1 Å². The summed E-state index contributed by atoms with van der Waals surface area (Å²) < 4.78 is 10.9. The Hall–Kier alpha value is -4.45. The van der Waals surface area contributed by atoms with Crippen LogP contribution in [0.1, 0.15) is 40.6 Å². The minimum Gasteiger partial charge on any atom is -0.494 e. The molecule has 4 N–H and O–H groups in total. The molecular formula is C28H34N8O4. The molecule has 0 saturated carbocycles. The van der Waals surface area contributed by atoms with E-state index in [2.05, 4.69) is 25.8 Å². The Morgan fingerprint density at radius 2 is 1.75 bits per heavy atom. The lowest BCUT2D eigenvalue weighted by atomic mass is 10.1. The minimum atomic E-state index is -0.734. The van der Waals surface area contributed by atoms with Crippen molar-refractivity contribution in [1.82, 2.24) is 20.1 Å². The van der Waals surface area contributed by atoms with Gasteiger partial charge in [0.1, 0.15) is 5.75 Å². The molecule has 5 rings (SSSR count). The minimum absolute atomic E-state index is 0.0443. The summed E-state index contributed by atoms with van der Waals surface area (Å²) in [4.78, 5) is 33.3. The van der Waals surface area contributed by atoms with E-state index in [1.54, 1.807) is 29.2 Å². The number of amides is 2. The molecule has 2 aliphatic rings. The molecule has 0 radical (unpaired) electrons. The number of hydrogen-bond donors (Lipinski definition) is 3. The van der Waals surface area contributed by atoms with Gasteiger partial charge in [0.05, 0.1) is 19.8 Å². The molecule has 1 aromatic heterocycles. The van der Waals surface area contributed by atoms with E-state index in [-0.39, 0.29) is 23.5 Å². The third-order valence-electron chi connectivity index (χ3n) is 6.84. The van der Waals surface area contributed by atoms with Gasteiger partial charge in [0, 0.05) is 49.2 Å². The average Bonchev–Trinajstić information content (AvgIpc) is 2.99. The van der Waals surface area contributed by atoms with Gasteiger partial charge in [-0.3, -0.25) is 9.59 Å². The molecule has 1 unspecified atom stereocenters. The first-order valence-electron chi connectivity index (χ1n) is 13.5. The number of primary amides is 1. The summed E-state index contributed by atoms with van der Waals surface area (Å²) in [6, 6.07) is 15.1. The van der Waals surface area contributed by atoms with Gasteiger partial charge in [0.2, 0.25) is 5.95 Å². The Balaban J connectivity index is 1.27. The van der Waals surface area contributed by atoms with Gasteiger partial charge in [-0.1, -0.05) is 0 Å². The molecule has 2 amide bonds. The van der Waals surface area contributed by atoms with Gasteiger partial charge >= 0.3 is 0 Å². The maximum absolute atomic E-state index is 12.8. The van der Waals surface area contributed by atoms with E-state index in [1.165, 1.54) is 0 Å². The number of aromatic nitrogens is 3. The van der Waals surface area contributed by atoms with E-state index in [1.807, 2.05) is 36.1 Å². The molecule has 3 heterocycles. The van der Waals surface area contributed by atoms with Gasteiger partial charge < -0.3 is 35.6 Å². The standard InChI is InChI=1S/C28H34N8O4/c1-2-40-23-11-9-20(10-12-23)30-22-4-3-13-36(18-22)28-32-26(24(25(29)37)33-34-28)31-21-7-5-19(6-8-21)27(38)35-14-16-39-17-15-35/h5-12,22,30H,2-4,13-18H2,1H3,(H2,29,37)(H,31,32,34). The molecule has 0 spiro atoms.